The van der Waals surface area contributed by atoms with E-state index < -0.39 is 17.8 Å². The monoisotopic (exact) mass is 450 g/mol. The maximum absolute atomic E-state index is 13.4. The minimum Gasteiger partial charge on any atom is -0.410 e. The number of carbonyl (C=O) groups is 3. The van der Waals surface area contributed by atoms with E-state index in [1.165, 1.54) is 23.1 Å². The molecule has 1 aliphatic heterocycles. The lowest BCUT2D eigenvalue weighted by atomic mass is 9.99. The molecule has 4 rings (SSSR count). The number of benzene rings is 1. The Bertz CT molecular complexity index is 1270. The van der Waals surface area contributed by atoms with Crippen molar-refractivity contribution >= 4 is 40.1 Å². The number of hydrogen-bond acceptors (Lipinski definition) is 5. The summed E-state index contributed by atoms with van der Waals surface area (Å²) >= 11 is 0. The number of H-pyrrole nitrogens is 1. The molecule has 0 saturated heterocycles. The van der Waals surface area contributed by atoms with Crippen LogP contribution in [0.4, 0.5) is 14.9 Å². The van der Waals surface area contributed by atoms with Gasteiger partial charge in [-0.1, -0.05) is 19.1 Å². The number of fused-ring (bicyclic) bond motifs is 1. The molecule has 0 saturated carbocycles. The predicted molar refractivity (Wildman–Crippen MR) is 121 cm³/mol. The molecule has 0 atom stereocenters. The van der Waals surface area contributed by atoms with Gasteiger partial charge in [-0.2, -0.15) is 0 Å². The zero-order chi connectivity index (χ0) is 23.5. The van der Waals surface area contributed by atoms with Crippen LogP contribution < -0.4 is 9.64 Å². The van der Waals surface area contributed by atoms with E-state index in [1.807, 2.05) is 18.3 Å². The van der Waals surface area contributed by atoms with Crippen LogP contribution in [0.15, 0.2) is 48.8 Å². The SMILES string of the molecule is CCC(=O)C(=O)N1CC=C(c2c[nH]c3ncc(N(C)C(=O)Oc4cccc(F)c4)cc23)CC1. The molecule has 3 aromatic rings. The van der Waals surface area contributed by atoms with Crippen LogP contribution >= 0.6 is 0 Å². The normalized spacial score (nSPS) is 13.5. The molecule has 0 bridgehead atoms. The van der Waals surface area contributed by atoms with Gasteiger partial charge in [0.25, 0.3) is 5.91 Å². The van der Waals surface area contributed by atoms with Crippen LogP contribution in [0.5, 0.6) is 5.75 Å². The average molecular weight is 450 g/mol. The quantitative estimate of drug-likeness (QED) is 0.594. The van der Waals surface area contributed by atoms with Gasteiger partial charge in [0.1, 0.15) is 17.2 Å². The predicted octanol–water partition coefficient (Wildman–Crippen LogP) is 3.93. The van der Waals surface area contributed by atoms with Crippen LogP contribution in [-0.2, 0) is 9.59 Å². The highest BCUT2D eigenvalue weighted by Gasteiger charge is 2.24. The van der Waals surface area contributed by atoms with E-state index in [4.69, 9.17) is 4.74 Å². The Morgan fingerprint density at radius 3 is 2.79 bits per heavy atom. The summed E-state index contributed by atoms with van der Waals surface area (Å²) in [6.45, 7) is 2.49. The number of nitrogens with zero attached hydrogens (tertiary/aromatic N) is 3. The first-order chi connectivity index (χ1) is 15.9. The molecule has 8 nitrogen and oxygen atoms in total. The summed E-state index contributed by atoms with van der Waals surface area (Å²) in [5, 5.41) is 0.813. The fraction of sp³-hybridized carbons (Fsp3) is 0.250. The smallest absolute Gasteiger partial charge is 0.410 e. The highest BCUT2D eigenvalue weighted by Crippen LogP contribution is 2.31. The summed E-state index contributed by atoms with van der Waals surface area (Å²) in [5.74, 6) is -1.23. The molecule has 0 unspecified atom stereocenters. The fourth-order valence-electron chi connectivity index (χ4n) is 3.67. The summed E-state index contributed by atoms with van der Waals surface area (Å²) in [6.07, 6.45) is 5.43. The molecule has 1 aromatic carbocycles. The second kappa shape index (κ2) is 9.23. The van der Waals surface area contributed by atoms with Gasteiger partial charge in [0, 0.05) is 49.8 Å². The van der Waals surface area contributed by atoms with Gasteiger partial charge in [-0.25, -0.2) is 14.2 Å². The van der Waals surface area contributed by atoms with Crippen molar-refractivity contribution in [1.29, 1.82) is 0 Å². The van der Waals surface area contributed by atoms with Crippen molar-refractivity contribution in [1.82, 2.24) is 14.9 Å². The molecular formula is C24H23FN4O4. The minimum atomic E-state index is -0.675. The third kappa shape index (κ3) is 4.62. The Balaban J connectivity index is 1.54. The summed E-state index contributed by atoms with van der Waals surface area (Å²) in [4.78, 5) is 46.7. The van der Waals surface area contributed by atoms with Crippen molar-refractivity contribution in [3.63, 3.8) is 0 Å². The number of hydrogen-bond donors (Lipinski definition) is 1. The number of aromatic nitrogens is 2. The van der Waals surface area contributed by atoms with Crippen molar-refractivity contribution in [3.05, 3.63) is 60.2 Å². The number of carbonyl (C=O) groups excluding carboxylic acids is 3. The van der Waals surface area contributed by atoms with Gasteiger partial charge < -0.3 is 14.6 Å². The Morgan fingerprint density at radius 2 is 2.09 bits per heavy atom. The fourth-order valence-corrected chi connectivity index (χ4v) is 3.67. The first-order valence-corrected chi connectivity index (χ1v) is 10.6. The number of amides is 2. The summed E-state index contributed by atoms with van der Waals surface area (Å²) in [6, 6.07) is 7.18. The number of ketones is 1. The second-order valence-corrected chi connectivity index (χ2v) is 7.68. The number of halogens is 1. The number of nitrogens with one attached hydrogen (secondary N) is 1. The average Bonchev–Trinajstić information content (AvgIpc) is 3.26. The van der Waals surface area contributed by atoms with Crippen molar-refractivity contribution in [2.45, 2.75) is 19.8 Å². The lowest BCUT2D eigenvalue weighted by Crippen LogP contribution is -2.39. The number of ether oxygens (including phenoxy) is 1. The topological polar surface area (TPSA) is 95.6 Å². The van der Waals surface area contributed by atoms with Crippen molar-refractivity contribution in [2.75, 3.05) is 25.0 Å². The molecule has 0 spiro atoms. The summed E-state index contributed by atoms with van der Waals surface area (Å²) in [7, 11) is 1.55. The molecule has 0 fully saturated rings. The highest BCUT2D eigenvalue weighted by atomic mass is 19.1. The van der Waals surface area contributed by atoms with Gasteiger partial charge >= 0.3 is 6.09 Å². The maximum atomic E-state index is 13.4. The second-order valence-electron chi connectivity index (χ2n) is 7.68. The molecule has 170 valence electrons. The third-order valence-electron chi connectivity index (χ3n) is 5.58. The van der Waals surface area contributed by atoms with E-state index >= 15 is 0 Å². The number of Topliss-reactive ketones (excluding diaryl/α,β-unsaturated/α-hetero) is 1. The standard InChI is InChI=1S/C24H23FN4O4/c1-3-21(30)23(31)29-9-7-15(8-10-29)20-14-27-22-19(20)12-17(13-26-22)28(2)24(32)33-18-6-4-5-16(25)11-18/h4-7,11-14H,3,8-10H2,1-2H3,(H,26,27). The highest BCUT2D eigenvalue weighted by molar-refractivity contribution is 6.36. The van der Waals surface area contributed by atoms with Crippen molar-refractivity contribution in [2.24, 2.45) is 0 Å². The summed E-state index contributed by atoms with van der Waals surface area (Å²) in [5.41, 5.74) is 3.10. The van der Waals surface area contributed by atoms with Gasteiger partial charge in [-0.05, 0) is 30.2 Å². The van der Waals surface area contributed by atoms with Crippen LogP contribution in [0.1, 0.15) is 25.3 Å². The van der Waals surface area contributed by atoms with E-state index in [0.29, 0.717) is 30.8 Å². The van der Waals surface area contributed by atoms with Gasteiger partial charge in [0.05, 0.1) is 11.9 Å². The molecule has 9 heteroatoms. The largest absolute Gasteiger partial charge is 0.419 e. The maximum Gasteiger partial charge on any atom is 0.419 e. The molecule has 1 N–H and O–H groups in total. The molecule has 33 heavy (non-hydrogen) atoms. The first kappa shape index (κ1) is 22.2. The molecular weight excluding hydrogens is 427 g/mol. The Hall–Kier alpha value is -4.01. The zero-order valence-corrected chi connectivity index (χ0v) is 18.3. The van der Waals surface area contributed by atoms with E-state index in [2.05, 4.69) is 9.97 Å². The number of pyridine rings is 1. The molecule has 1 aliphatic rings. The third-order valence-corrected chi connectivity index (χ3v) is 5.58. The first-order valence-electron chi connectivity index (χ1n) is 10.6. The lowest BCUT2D eigenvalue weighted by molar-refractivity contribution is -0.144. The van der Waals surface area contributed by atoms with E-state index in [0.717, 1.165) is 22.6 Å². The van der Waals surface area contributed by atoms with E-state index in [1.54, 1.807) is 25.1 Å². The van der Waals surface area contributed by atoms with Crippen LogP contribution in [0, 0.1) is 5.82 Å². The molecule has 2 aromatic heterocycles. The van der Waals surface area contributed by atoms with Gasteiger partial charge in [-0.3, -0.25) is 14.5 Å². The van der Waals surface area contributed by atoms with Gasteiger partial charge in [-0.15, -0.1) is 0 Å². The minimum absolute atomic E-state index is 0.108. The van der Waals surface area contributed by atoms with Gasteiger partial charge in [0.15, 0.2) is 0 Å². The van der Waals surface area contributed by atoms with Crippen LogP contribution in [-0.4, -0.2) is 52.8 Å². The number of aromatic amines is 1. The molecule has 0 aliphatic carbocycles. The molecule has 2 amide bonds. The lowest BCUT2D eigenvalue weighted by Gasteiger charge is -2.25. The number of rotatable bonds is 5. The number of anilines is 1. The van der Waals surface area contributed by atoms with Crippen LogP contribution in [0.3, 0.4) is 0 Å². The van der Waals surface area contributed by atoms with Crippen molar-refractivity contribution < 1.29 is 23.5 Å². The van der Waals surface area contributed by atoms with E-state index in [9.17, 15) is 18.8 Å². The van der Waals surface area contributed by atoms with E-state index in [-0.39, 0.29) is 18.0 Å². The van der Waals surface area contributed by atoms with Crippen LogP contribution in [0.25, 0.3) is 16.6 Å². The van der Waals surface area contributed by atoms with Gasteiger partial charge in [0.2, 0.25) is 5.78 Å². The Labute approximate surface area is 189 Å². The Morgan fingerprint density at radius 1 is 1.27 bits per heavy atom. The van der Waals surface area contributed by atoms with Crippen molar-refractivity contribution in [3.8, 4) is 5.75 Å². The van der Waals surface area contributed by atoms with Crippen LogP contribution in [0.2, 0.25) is 0 Å². The Kier molecular flexibility index (Phi) is 6.21. The molecule has 3 heterocycles. The summed E-state index contributed by atoms with van der Waals surface area (Å²) < 4.78 is 18.6. The zero-order valence-electron chi connectivity index (χ0n) is 18.3. The molecule has 0 radical (unpaired) electrons.